The molecule has 0 fully saturated rings. The minimum Gasteiger partial charge on any atom is -0.343 e. The molecule has 0 aliphatic rings. The molecule has 1 heterocycles. The molecule has 1 aromatic carbocycles. The average Bonchev–Trinajstić information content (AvgIpc) is 2.87. The summed E-state index contributed by atoms with van der Waals surface area (Å²) >= 11 is 5.92. The fourth-order valence-electron chi connectivity index (χ4n) is 1.68. The summed E-state index contributed by atoms with van der Waals surface area (Å²) in [5, 5.41) is 10.1. The molecule has 2 N–H and O–H groups in total. The summed E-state index contributed by atoms with van der Waals surface area (Å²) < 4.78 is 0. The standard InChI is InChI=1S/C13H15ClN4O/c1-3-11-16-12(18-17-11)13(19)15-8(2)9-5-4-6-10(14)7-9/h4-8H,3H2,1-2H3,(H,15,19)(H,16,17,18). The van der Waals surface area contributed by atoms with Crippen LogP contribution in [-0.4, -0.2) is 21.1 Å². The first-order valence-electron chi connectivity index (χ1n) is 6.07. The number of hydrogen-bond donors (Lipinski definition) is 2. The van der Waals surface area contributed by atoms with E-state index in [4.69, 9.17) is 11.6 Å². The topological polar surface area (TPSA) is 70.7 Å². The minimum atomic E-state index is -0.302. The number of halogens is 1. The van der Waals surface area contributed by atoms with Crippen molar-refractivity contribution in [2.75, 3.05) is 0 Å². The van der Waals surface area contributed by atoms with Crippen LogP contribution in [0.1, 0.15) is 41.9 Å². The molecular formula is C13H15ClN4O. The number of hydrogen-bond acceptors (Lipinski definition) is 3. The summed E-state index contributed by atoms with van der Waals surface area (Å²) in [7, 11) is 0. The fourth-order valence-corrected chi connectivity index (χ4v) is 1.87. The average molecular weight is 279 g/mol. The number of aromatic amines is 1. The quantitative estimate of drug-likeness (QED) is 0.903. The molecule has 5 nitrogen and oxygen atoms in total. The predicted molar refractivity (Wildman–Crippen MR) is 73.1 cm³/mol. The van der Waals surface area contributed by atoms with Crippen LogP contribution < -0.4 is 5.32 Å². The van der Waals surface area contributed by atoms with Crippen molar-refractivity contribution >= 4 is 17.5 Å². The third kappa shape index (κ3) is 3.32. The van der Waals surface area contributed by atoms with Gasteiger partial charge < -0.3 is 5.32 Å². The van der Waals surface area contributed by atoms with Crippen LogP contribution in [0.5, 0.6) is 0 Å². The number of rotatable bonds is 4. The monoisotopic (exact) mass is 278 g/mol. The molecule has 0 radical (unpaired) electrons. The summed E-state index contributed by atoms with van der Waals surface area (Å²) in [4.78, 5) is 16.0. The van der Waals surface area contributed by atoms with Gasteiger partial charge in [-0.05, 0) is 24.6 Å². The molecule has 0 aliphatic heterocycles. The molecule has 1 atom stereocenters. The van der Waals surface area contributed by atoms with Gasteiger partial charge in [-0.1, -0.05) is 30.7 Å². The zero-order valence-corrected chi connectivity index (χ0v) is 11.5. The zero-order chi connectivity index (χ0) is 13.8. The summed E-state index contributed by atoms with van der Waals surface area (Å²) in [6.45, 7) is 3.83. The van der Waals surface area contributed by atoms with Crippen molar-refractivity contribution in [2.45, 2.75) is 26.3 Å². The zero-order valence-electron chi connectivity index (χ0n) is 10.8. The molecule has 0 spiro atoms. The smallest absolute Gasteiger partial charge is 0.291 e. The highest BCUT2D eigenvalue weighted by molar-refractivity contribution is 6.30. The second-order valence-electron chi connectivity index (χ2n) is 4.21. The SMILES string of the molecule is CCc1nc(C(=O)NC(C)c2cccc(Cl)c2)n[nH]1. The Morgan fingerprint density at radius 2 is 2.32 bits per heavy atom. The van der Waals surface area contributed by atoms with E-state index in [9.17, 15) is 4.79 Å². The number of carbonyl (C=O) groups excluding carboxylic acids is 1. The molecule has 1 aromatic heterocycles. The number of carbonyl (C=O) groups is 1. The summed E-state index contributed by atoms with van der Waals surface area (Å²) in [6.07, 6.45) is 0.712. The van der Waals surface area contributed by atoms with Gasteiger partial charge in [0.25, 0.3) is 5.91 Å². The Bertz CT molecular complexity index is 582. The largest absolute Gasteiger partial charge is 0.343 e. The van der Waals surface area contributed by atoms with Gasteiger partial charge in [0, 0.05) is 11.4 Å². The third-order valence-corrected chi connectivity index (χ3v) is 3.00. The molecule has 0 saturated heterocycles. The van der Waals surface area contributed by atoms with Crippen molar-refractivity contribution in [3.05, 3.63) is 46.5 Å². The second kappa shape index (κ2) is 5.84. The number of amides is 1. The summed E-state index contributed by atoms with van der Waals surface area (Å²) in [5.41, 5.74) is 0.937. The van der Waals surface area contributed by atoms with Crippen molar-refractivity contribution in [1.82, 2.24) is 20.5 Å². The Morgan fingerprint density at radius 3 is 2.95 bits per heavy atom. The van der Waals surface area contributed by atoms with E-state index < -0.39 is 0 Å². The van der Waals surface area contributed by atoms with E-state index in [2.05, 4.69) is 20.5 Å². The van der Waals surface area contributed by atoms with Gasteiger partial charge in [-0.25, -0.2) is 4.98 Å². The van der Waals surface area contributed by atoms with E-state index in [0.717, 1.165) is 5.56 Å². The van der Waals surface area contributed by atoms with Gasteiger partial charge in [-0.15, -0.1) is 5.10 Å². The van der Waals surface area contributed by atoms with Crippen molar-refractivity contribution in [3.8, 4) is 0 Å². The van der Waals surface area contributed by atoms with E-state index in [1.807, 2.05) is 32.0 Å². The van der Waals surface area contributed by atoms with E-state index in [1.165, 1.54) is 0 Å². The molecule has 19 heavy (non-hydrogen) atoms. The maximum absolute atomic E-state index is 12.0. The van der Waals surface area contributed by atoms with Gasteiger partial charge in [-0.2, -0.15) is 0 Å². The van der Waals surface area contributed by atoms with Crippen LogP contribution in [0, 0.1) is 0 Å². The number of H-pyrrole nitrogens is 1. The molecule has 6 heteroatoms. The number of benzene rings is 1. The highest BCUT2D eigenvalue weighted by atomic mass is 35.5. The summed E-state index contributed by atoms with van der Waals surface area (Å²) in [5.74, 6) is 0.551. The van der Waals surface area contributed by atoms with Gasteiger partial charge in [0.05, 0.1) is 6.04 Å². The van der Waals surface area contributed by atoms with Gasteiger partial charge in [0.1, 0.15) is 5.82 Å². The van der Waals surface area contributed by atoms with Gasteiger partial charge in [0.15, 0.2) is 0 Å². The Labute approximate surface area is 116 Å². The van der Waals surface area contributed by atoms with Gasteiger partial charge in [0.2, 0.25) is 5.82 Å². The van der Waals surface area contributed by atoms with Crippen molar-refractivity contribution in [1.29, 1.82) is 0 Å². The molecular weight excluding hydrogens is 264 g/mol. The molecule has 1 amide bonds. The Kier molecular flexibility index (Phi) is 4.16. The van der Waals surface area contributed by atoms with E-state index in [1.54, 1.807) is 6.07 Å². The molecule has 2 rings (SSSR count). The fraction of sp³-hybridized carbons (Fsp3) is 0.308. The van der Waals surface area contributed by atoms with E-state index >= 15 is 0 Å². The lowest BCUT2D eigenvalue weighted by molar-refractivity contribution is 0.0929. The highest BCUT2D eigenvalue weighted by Crippen LogP contribution is 2.17. The molecule has 100 valence electrons. The van der Waals surface area contributed by atoms with Gasteiger partial charge >= 0.3 is 0 Å². The lowest BCUT2D eigenvalue weighted by atomic mass is 10.1. The van der Waals surface area contributed by atoms with Crippen molar-refractivity contribution in [2.24, 2.45) is 0 Å². The first-order chi connectivity index (χ1) is 9.10. The first kappa shape index (κ1) is 13.5. The second-order valence-corrected chi connectivity index (χ2v) is 4.65. The van der Waals surface area contributed by atoms with Crippen LogP contribution in [0.4, 0.5) is 0 Å². The van der Waals surface area contributed by atoms with Crippen LogP contribution in [0.2, 0.25) is 5.02 Å². The maximum atomic E-state index is 12.0. The predicted octanol–water partition coefficient (Wildman–Crippen LogP) is 2.51. The molecule has 1 unspecified atom stereocenters. The van der Waals surface area contributed by atoms with E-state index in [0.29, 0.717) is 17.3 Å². The summed E-state index contributed by atoms with van der Waals surface area (Å²) in [6, 6.07) is 7.22. The normalized spacial score (nSPS) is 12.2. The van der Waals surface area contributed by atoms with Crippen LogP contribution >= 0.6 is 11.6 Å². The van der Waals surface area contributed by atoms with Crippen LogP contribution in [0.25, 0.3) is 0 Å². The van der Waals surface area contributed by atoms with Crippen molar-refractivity contribution < 1.29 is 4.79 Å². The highest BCUT2D eigenvalue weighted by Gasteiger charge is 2.15. The molecule has 0 bridgehead atoms. The Morgan fingerprint density at radius 1 is 1.53 bits per heavy atom. The lowest BCUT2D eigenvalue weighted by Gasteiger charge is -2.13. The minimum absolute atomic E-state index is 0.158. The Balaban J connectivity index is 2.06. The number of nitrogens with one attached hydrogen (secondary N) is 2. The van der Waals surface area contributed by atoms with Gasteiger partial charge in [-0.3, -0.25) is 9.89 Å². The first-order valence-corrected chi connectivity index (χ1v) is 6.45. The van der Waals surface area contributed by atoms with Crippen LogP contribution in [0.3, 0.4) is 0 Å². The van der Waals surface area contributed by atoms with Crippen LogP contribution in [0.15, 0.2) is 24.3 Å². The number of nitrogens with zero attached hydrogens (tertiary/aromatic N) is 2. The Hall–Kier alpha value is -1.88. The van der Waals surface area contributed by atoms with Crippen molar-refractivity contribution in [3.63, 3.8) is 0 Å². The number of aromatic nitrogens is 3. The molecule has 2 aromatic rings. The maximum Gasteiger partial charge on any atom is 0.291 e. The molecule has 0 saturated carbocycles. The lowest BCUT2D eigenvalue weighted by Crippen LogP contribution is -2.27. The van der Waals surface area contributed by atoms with E-state index in [-0.39, 0.29) is 17.8 Å². The number of aryl methyl sites for hydroxylation is 1. The third-order valence-electron chi connectivity index (χ3n) is 2.77. The van der Waals surface area contributed by atoms with Crippen LogP contribution in [-0.2, 0) is 6.42 Å². The molecule has 0 aliphatic carbocycles.